The van der Waals surface area contributed by atoms with Gasteiger partial charge in [0.05, 0.1) is 0 Å². The smallest absolute Gasteiger partial charge is 0.427 e. The van der Waals surface area contributed by atoms with Gasteiger partial charge in [0.2, 0.25) is 0 Å². The van der Waals surface area contributed by atoms with Crippen molar-refractivity contribution in [2.24, 2.45) is 0 Å². The van der Waals surface area contributed by atoms with Gasteiger partial charge in [-0.05, 0) is 11.4 Å². The molecule has 0 saturated heterocycles. The molecule has 76 valence electrons. The van der Waals surface area contributed by atoms with E-state index in [9.17, 15) is 0 Å². The molecule has 0 aromatic heterocycles. The third-order valence-corrected chi connectivity index (χ3v) is 6.45. The summed E-state index contributed by atoms with van der Waals surface area (Å²) in [6.07, 6.45) is 4.43. The van der Waals surface area contributed by atoms with Gasteiger partial charge < -0.3 is 10.0 Å². The highest BCUT2D eigenvalue weighted by Crippen LogP contribution is 2.41. The molecule has 0 aromatic rings. The zero-order valence-electron chi connectivity index (χ0n) is 8.95. The Kier molecular flexibility index (Phi) is 3.60. The average Bonchev–Trinajstić information content (AvgIpc) is 2.03. The lowest BCUT2D eigenvalue weighted by Gasteiger charge is -2.35. The Hall–Kier alpha value is 0.202. The molecule has 2 N–H and O–H groups in total. The van der Waals surface area contributed by atoms with Crippen LogP contribution < -0.4 is 0 Å². The van der Waals surface area contributed by atoms with Gasteiger partial charge in [0.15, 0.2) is 0 Å². The third-order valence-electron chi connectivity index (χ3n) is 3.42. The molecule has 0 heterocycles. The highest BCUT2D eigenvalue weighted by atomic mass is 28.3. The lowest BCUT2D eigenvalue weighted by atomic mass is 9.65. The van der Waals surface area contributed by atoms with Crippen molar-refractivity contribution >= 4 is 15.2 Å². The Morgan fingerprint density at radius 2 is 1.46 bits per heavy atom. The van der Waals surface area contributed by atoms with Gasteiger partial charge in [0.1, 0.15) is 0 Å². The summed E-state index contributed by atoms with van der Waals surface area (Å²) in [7, 11) is -2.06. The molecule has 1 fully saturated rings. The Bertz CT molecular complexity index is 159. The van der Waals surface area contributed by atoms with Gasteiger partial charge in [-0.3, -0.25) is 0 Å². The summed E-state index contributed by atoms with van der Waals surface area (Å²) < 4.78 is 0. The van der Waals surface area contributed by atoms with E-state index < -0.39 is 15.2 Å². The molecule has 0 aliphatic heterocycles. The van der Waals surface area contributed by atoms with Gasteiger partial charge in [-0.1, -0.05) is 45.3 Å². The van der Waals surface area contributed by atoms with Crippen LogP contribution in [0.1, 0.15) is 25.7 Å². The number of hydrogen-bond donors (Lipinski definition) is 2. The molecule has 4 heteroatoms. The SMILES string of the molecule is C[Si](C)(C)C1CCC(B(O)O)CC1. The summed E-state index contributed by atoms with van der Waals surface area (Å²) in [6.45, 7) is 7.23. The van der Waals surface area contributed by atoms with Crippen LogP contribution in [0.4, 0.5) is 0 Å². The van der Waals surface area contributed by atoms with Crippen LogP contribution in [0.15, 0.2) is 0 Å². The minimum Gasteiger partial charge on any atom is -0.427 e. The van der Waals surface area contributed by atoms with Crippen molar-refractivity contribution in [3.63, 3.8) is 0 Å². The fraction of sp³-hybridized carbons (Fsp3) is 1.00. The van der Waals surface area contributed by atoms with E-state index in [1.54, 1.807) is 0 Å². The molecule has 1 aliphatic carbocycles. The first-order chi connectivity index (χ1) is 5.91. The first-order valence-electron chi connectivity index (χ1n) is 5.27. The van der Waals surface area contributed by atoms with Crippen molar-refractivity contribution in [1.29, 1.82) is 0 Å². The molecule has 0 atom stereocenters. The summed E-state index contributed by atoms with van der Waals surface area (Å²) in [6, 6.07) is 0. The second kappa shape index (κ2) is 4.15. The van der Waals surface area contributed by atoms with Crippen LogP contribution >= 0.6 is 0 Å². The predicted molar refractivity (Wildman–Crippen MR) is 59.5 cm³/mol. The minimum atomic E-state index is -1.08. The summed E-state index contributed by atoms with van der Waals surface area (Å²) in [5.41, 5.74) is 0.891. The topological polar surface area (TPSA) is 40.5 Å². The Morgan fingerprint density at radius 3 is 1.77 bits per heavy atom. The first-order valence-corrected chi connectivity index (χ1v) is 8.85. The van der Waals surface area contributed by atoms with Crippen LogP contribution in [0.5, 0.6) is 0 Å². The maximum atomic E-state index is 9.03. The molecule has 0 aromatic carbocycles. The quantitative estimate of drug-likeness (QED) is 0.670. The summed E-state index contributed by atoms with van der Waals surface area (Å²) in [4.78, 5) is 0. The maximum absolute atomic E-state index is 9.03. The summed E-state index contributed by atoms with van der Waals surface area (Å²) >= 11 is 0. The summed E-state index contributed by atoms with van der Waals surface area (Å²) in [5, 5.41) is 18.1. The normalized spacial score (nSPS) is 30.2. The van der Waals surface area contributed by atoms with E-state index in [0.29, 0.717) is 0 Å². The van der Waals surface area contributed by atoms with E-state index in [0.717, 1.165) is 18.4 Å². The van der Waals surface area contributed by atoms with Crippen LogP contribution in [0.3, 0.4) is 0 Å². The molecule has 0 spiro atoms. The van der Waals surface area contributed by atoms with E-state index in [2.05, 4.69) is 19.6 Å². The molecule has 2 nitrogen and oxygen atoms in total. The standard InChI is InChI=1S/C9H21BO2Si/c1-13(2,3)9-6-4-8(5-7-9)10(11)12/h8-9,11-12H,4-7H2,1-3H3. The number of hydrogen-bond acceptors (Lipinski definition) is 2. The largest absolute Gasteiger partial charge is 0.454 e. The van der Waals surface area contributed by atoms with Crippen molar-refractivity contribution in [3.8, 4) is 0 Å². The van der Waals surface area contributed by atoms with Gasteiger partial charge in [0.25, 0.3) is 0 Å². The van der Waals surface area contributed by atoms with Crippen molar-refractivity contribution in [3.05, 3.63) is 0 Å². The van der Waals surface area contributed by atoms with E-state index in [1.807, 2.05) is 0 Å². The Morgan fingerprint density at radius 1 is 1.00 bits per heavy atom. The van der Waals surface area contributed by atoms with Crippen LogP contribution in [0.2, 0.25) is 31.0 Å². The van der Waals surface area contributed by atoms with E-state index in [1.165, 1.54) is 12.8 Å². The van der Waals surface area contributed by atoms with Crippen molar-refractivity contribution in [2.45, 2.75) is 56.7 Å². The predicted octanol–water partition coefficient (Wildman–Crippen LogP) is 2.11. The average molecular weight is 200 g/mol. The zero-order valence-corrected chi connectivity index (χ0v) is 9.95. The van der Waals surface area contributed by atoms with Crippen LogP contribution in [-0.4, -0.2) is 25.2 Å². The lowest BCUT2D eigenvalue weighted by molar-refractivity contribution is 0.349. The van der Waals surface area contributed by atoms with Gasteiger partial charge in [-0.15, -0.1) is 0 Å². The van der Waals surface area contributed by atoms with Gasteiger partial charge in [-0.2, -0.15) is 0 Å². The van der Waals surface area contributed by atoms with Crippen LogP contribution in [0.25, 0.3) is 0 Å². The highest BCUT2D eigenvalue weighted by Gasteiger charge is 2.34. The molecule has 13 heavy (non-hydrogen) atoms. The van der Waals surface area contributed by atoms with Crippen molar-refractivity contribution in [1.82, 2.24) is 0 Å². The molecular formula is C9H21BO2Si. The molecular weight excluding hydrogens is 179 g/mol. The Balaban J connectivity index is 2.39. The van der Waals surface area contributed by atoms with E-state index in [-0.39, 0.29) is 5.82 Å². The molecule has 0 amide bonds. The molecule has 0 bridgehead atoms. The first kappa shape index (κ1) is 11.3. The highest BCUT2D eigenvalue weighted by molar-refractivity contribution is 6.77. The molecule has 0 unspecified atom stereocenters. The Labute approximate surface area is 82.5 Å². The third kappa shape index (κ3) is 3.11. The summed E-state index contributed by atoms with van der Waals surface area (Å²) in [5.74, 6) is 0.146. The maximum Gasteiger partial charge on any atom is 0.454 e. The molecule has 1 saturated carbocycles. The second-order valence-electron chi connectivity index (χ2n) is 5.39. The lowest BCUT2D eigenvalue weighted by Crippen LogP contribution is -2.33. The van der Waals surface area contributed by atoms with Gasteiger partial charge in [-0.25, -0.2) is 0 Å². The van der Waals surface area contributed by atoms with Crippen molar-refractivity contribution in [2.75, 3.05) is 0 Å². The fourth-order valence-corrected chi connectivity index (χ4v) is 4.35. The zero-order chi connectivity index (χ0) is 10.1. The fourth-order valence-electron chi connectivity index (χ4n) is 2.28. The second-order valence-corrected chi connectivity index (χ2v) is 10.9. The van der Waals surface area contributed by atoms with E-state index >= 15 is 0 Å². The van der Waals surface area contributed by atoms with Crippen LogP contribution in [-0.2, 0) is 0 Å². The number of rotatable bonds is 2. The van der Waals surface area contributed by atoms with Gasteiger partial charge >= 0.3 is 7.12 Å². The van der Waals surface area contributed by atoms with E-state index in [4.69, 9.17) is 10.0 Å². The monoisotopic (exact) mass is 200 g/mol. The van der Waals surface area contributed by atoms with Crippen LogP contribution in [0, 0.1) is 0 Å². The molecule has 1 aliphatic rings. The molecule has 1 rings (SSSR count). The minimum absolute atomic E-state index is 0.146. The van der Waals surface area contributed by atoms with Gasteiger partial charge in [0, 0.05) is 8.07 Å². The molecule has 0 radical (unpaired) electrons. The van der Waals surface area contributed by atoms with Crippen molar-refractivity contribution < 1.29 is 10.0 Å².